The molecule has 0 aliphatic rings. The summed E-state index contributed by atoms with van der Waals surface area (Å²) < 4.78 is 48.8. The van der Waals surface area contributed by atoms with Crippen molar-refractivity contribution >= 4 is 29.2 Å². The quantitative estimate of drug-likeness (QED) is 0.427. The number of ether oxygens (including phenoxy) is 2. The van der Waals surface area contributed by atoms with Gasteiger partial charge in [-0.15, -0.1) is 0 Å². The van der Waals surface area contributed by atoms with Gasteiger partial charge in [-0.1, -0.05) is 12.1 Å². The van der Waals surface area contributed by atoms with Crippen LogP contribution in [0.25, 0.3) is 0 Å². The first-order valence-corrected chi connectivity index (χ1v) is 10.6. The molecule has 0 aliphatic carbocycles. The SMILES string of the molecule is CC(C)(C)OC(=O)Nc1ccc(NCc2ccc(C(F)(F)F)cc2)cc1NC(=O)OC(C)(C)C. The maximum Gasteiger partial charge on any atom is 0.416 e. The van der Waals surface area contributed by atoms with Gasteiger partial charge in [0.2, 0.25) is 0 Å². The number of nitrogens with one attached hydrogen (secondary N) is 3. The summed E-state index contributed by atoms with van der Waals surface area (Å²) in [6.07, 6.45) is -5.82. The summed E-state index contributed by atoms with van der Waals surface area (Å²) in [6, 6.07) is 9.58. The normalized spacial score (nSPS) is 12.0. The number of hydrogen-bond donors (Lipinski definition) is 3. The first-order valence-electron chi connectivity index (χ1n) is 10.6. The Labute approximate surface area is 197 Å². The number of hydrogen-bond acceptors (Lipinski definition) is 5. The molecule has 3 N–H and O–H groups in total. The number of alkyl halides is 3. The lowest BCUT2D eigenvalue weighted by Gasteiger charge is -2.22. The maximum atomic E-state index is 12.7. The first kappa shape index (κ1) is 26.8. The summed E-state index contributed by atoms with van der Waals surface area (Å²) in [5.74, 6) is 0. The Hall–Kier alpha value is -3.43. The van der Waals surface area contributed by atoms with Crippen molar-refractivity contribution in [2.75, 3.05) is 16.0 Å². The molecule has 0 fully saturated rings. The molecule has 10 heteroatoms. The van der Waals surface area contributed by atoms with Crippen LogP contribution in [0.1, 0.15) is 52.7 Å². The zero-order chi connectivity index (χ0) is 25.7. The van der Waals surface area contributed by atoms with Gasteiger partial charge >= 0.3 is 18.4 Å². The third kappa shape index (κ3) is 9.21. The number of halogens is 3. The fourth-order valence-electron chi connectivity index (χ4n) is 2.71. The van der Waals surface area contributed by atoms with E-state index in [4.69, 9.17) is 9.47 Å². The highest BCUT2D eigenvalue weighted by Crippen LogP contribution is 2.30. The zero-order valence-corrected chi connectivity index (χ0v) is 20.0. The third-order valence-corrected chi connectivity index (χ3v) is 4.07. The lowest BCUT2D eigenvalue weighted by Crippen LogP contribution is -2.29. The van der Waals surface area contributed by atoms with Gasteiger partial charge in [0.1, 0.15) is 11.2 Å². The summed E-state index contributed by atoms with van der Waals surface area (Å²) in [6.45, 7) is 10.6. The molecule has 0 unspecified atom stereocenters. The number of carbonyl (C=O) groups is 2. The highest BCUT2D eigenvalue weighted by Gasteiger charge is 2.29. The second-order valence-electron chi connectivity index (χ2n) is 9.56. The van der Waals surface area contributed by atoms with Gasteiger partial charge in [-0.3, -0.25) is 10.6 Å². The monoisotopic (exact) mass is 481 g/mol. The Bertz CT molecular complexity index is 1010. The van der Waals surface area contributed by atoms with Crippen LogP contribution in [0.4, 0.5) is 39.8 Å². The molecule has 186 valence electrons. The van der Waals surface area contributed by atoms with Crippen LogP contribution < -0.4 is 16.0 Å². The van der Waals surface area contributed by atoms with E-state index in [1.807, 2.05) is 0 Å². The molecule has 0 aliphatic heterocycles. The second kappa shape index (κ2) is 10.2. The van der Waals surface area contributed by atoms with E-state index in [0.29, 0.717) is 11.3 Å². The molecule has 0 saturated carbocycles. The number of amides is 2. The van der Waals surface area contributed by atoms with Crippen molar-refractivity contribution in [1.29, 1.82) is 0 Å². The van der Waals surface area contributed by atoms with Gasteiger partial charge in [0.15, 0.2) is 0 Å². The van der Waals surface area contributed by atoms with Crippen LogP contribution in [0.2, 0.25) is 0 Å². The summed E-state index contributed by atoms with van der Waals surface area (Å²) >= 11 is 0. The standard InChI is InChI=1S/C24H30F3N3O4/c1-22(2,3)33-20(31)29-18-12-11-17(13-19(18)30-21(32)34-23(4,5)6)28-14-15-7-9-16(10-8-15)24(25,26)27/h7-13,28H,14H2,1-6H3,(H,29,31)(H,30,32). The van der Waals surface area contributed by atoms with Crippen molar-refractivity contribution in [1.82, 2.24) is 0 Å². The van der Waals surface area contributed by atoms with E-state index in [1.54, 1.807) is 59.7 Å². The summed E-state index contributed by atoms with van der Waals surface area (Å²) in [7, 11) is 0. The average molecular weight is 482 g/mol. The molecule has 0 bridgehead atoms. The van der Waals surface area contributed by atoms with Crippen molar-refractivity contribution in [3.63, 3.8) is 0 Å². The highest BCUT2D eigenvalue weighted by atomic mass is 19.4. The molecular formula is C24H30F3N3O4. The van der Waals surface area contributed by atoms with Crippen LogP contribution in [-0.4, -0.2) is 23.4 Å². The Morgan fingerprint density at radius 1 is 0.765 bits per heavy atom. The lowest BCUT2D eigenvalue weighted by molar-refractivity contribution is -0.137. The Balaban J connectivity index is 2.19. The van der Waals surface area contributed by atoms with E-state index >= 15 is 0 Å². The molecule has 0 radical (unpaired) electrons. The van der Waals surface area contributed by atoms with E-state index in [0.717, 1.165) is 12.1 Å². The van der Waals surface area contributed by atoms with Gasteiger partial charge in [0, 0.05) is 12.2 Å². The predicted octanol–water partition coefficient (Wildman–Crippen LogP) is 7.01. The molecule has 2 aromatic carbocycles. The van der Waals surface area contributed by atoms with E-state index in [9.17, 15) is 22.8 Å². The molecule has 0 heterocycles. The molecule has 0 aromatic heterocycles. The van der Waals surface area contributed by atoms with Crippen LogP contribution in [0.5, 0.6) is 0 Å². The zero-order valence-electron chi connectivity index (χ0n) is 20.0. The second-order valence-corrected chi connectivity index (χ2v) is 9.56. The molecule has 7 nitrogen and oxygen atoms in total. The summed E-state index contributed by atoms with van der Waals surface area (Å²) in [5.41, 5.74) is -0.463. The van der Waals surface area contributed by atoms with Crippen LogP contribution in [-0.2, 0) is 22.2 Å². The molecule has 0 spiro atoms. The molecule has 2 rings (SSSR count). The van der Waals surface area contributed by atoms with E-state index in [1.165, 1.54) is 12.1 Å². The van der Waals surface area contributed by atoms with Crippen molar-refractivity contribution < 1.29 is 32.2 Å². The number of anilines is 3. The summed E-state index contributed by atoms with van der Waals surface area (Å²) in [5, 5.41) is 8.27. The number of rotatable bonds is 5. The Morgan fingerprint density at radius 3 is 1.74 bits per heavy atom. The molecule has 2 amide bonds. The number of benzene rings is 2. The molecule has 0 saturated heterocycles. The van der Waals surface area contributed by atoms with E-state index in [2.05, 4.69) is 16.0 Å². The minimum atomic E-state index is -4.40. The van der Waals surface area contributed by atoms with Gasteiger partial charge in [-0.05, 0) is 77.4 Å². The lowest BCUT2D eigenvalue weighted by atomic mass is 10.1. The topological polar surface area (TPSA) is 88.7 Å². The van der Waals surface area contributed by atoms with Gasteiger partial charge in [0.25, 0.3) is 0 Å². The van der Waals surface area contributed by atoms with E-state index in [-0.39, 0.29) is 17.9 Å². The largest absolute Gasteiger partial charge is 0.444 e. The van der Waals surface area contributed by atoms with Crippen molar-refractivity contribution in [3.05, 3.63) is 53.6 Å². The molecule has 2 aromatic rings. The van der Waals surface area contributed by atoms with Gasteiger partial charge in [0.05, 0.1) is 16.9 Å². The van der Waals surface area contributed by atoms with Crippen molar-refractivity contribution in [2.45, 2.75) is 65.5 Å². The molecular weight excluding hydrogens is 451 g/mol. The Kier molecular flexibility index (Phi) is 8.07. The van der Waals surface area contributed by atoms with Crippen molar-refractivity contribution in [3.8, 4) is 0 Å². The minimum Gasteiger partial charge on any atom is -0.444 e. The minimum absolute atomic E-state index is 0.239. The smallest absolute Gasteiger partial charge is 0.416 e. The Morgan fingerprint density at radius 2 is 1.26 bits per heavy atom. The predicted molar refractivity (Wildman–Crippen MR) is 125 cm³/mol. The fraction of sp³-hybridized carbons (Fsp3) is 0.417. The van der Waals surface area contributed by atoms with Crippen molar-refractivity contribution in [2.24, 2.45) is 0 Å². The van der Waals surface area contributed by atoms with Gasteiger partial charge < -0.3 is 14.8 Å². The average Bonchev–Trinajstić information content (AvgIpc) is 2.64. The number of carbonyl (C=O) groups excluding carboxylic acids is 2. The van der Waals surface area contributed by atoms with Gasteiger partial charge in [-0.2, -0.15) is 13.2 Å². The van der Waals surface area contributed by atoms with E-state index < -0.39 is 35.1 Å². The first-order chi connectivity index (χ1) is 15.5. The molecule has 34 heavy (non-hydrogen) atoms. The van der Waals surface area contributed by atoms with Crippen LogP contribution in [0, 0.1) is 0 Å². The maximum absolute atomic E-state index is 12.7. The van der Waals surface area contributed by atoms with Crippen LogP contribution in [0.3, 0.4) is 0 Å². The van der Waals surface area contributed by atoms with Crippen LogP contribution in [0.15, 0.2) is 42.5 Å². The summed E-state index contributed by atoms with van der Waals surface area (Å²) in [4.78, 5) is 24.5. The van der Waals surface area contributed by atoms with Gasteiger partial charge in [-0.25, -0.2) is 9.59 Å². The molecule has 0 atom stereocenters. The fourth-order valence-corrected chi connectivity index (χ4v) is 2.71. The third-order valence-electron chi connectivity index (χ3n) is 4.07. The van der Waals surface area contributed by atoms with Crippen LogP contribution >= 0.6 is 0 Å². The highest BCUT2D eigenvalue weighted by molar-refractivity contribution is 5.96.